The van der Waals surface area contributed by atoms with Gasteiger partial charge in [0.15, 0.2) is 5.78 Å². The Hall–Kier alpha value is -3.09. The Morgan fingerprint density at radius 1 is 1.13 bits per heavy atom. The number of aromatic nitrogens is 1. The van der Waals surface area contributed by atoms with Crippen LogP contribution in [0.25, 0.3) is 0 Å². The van der Waals surface area contributed by atoms with Crippen LogP contribution in [0.4, 0.5) is 0 Å². The number of hydrogen-bond donors (Lipinski definition) is 1. The minimum absolute atomic E-state index is 0.0144. The monoisotopic (exact) mass is 424 g/mol. The number of pyridine rings is 1. The van der Waals surface area contributed by atoms with E-state index in [1.165, 1.54) is 6.07 Å². The Bertz CT molecular complexity index is 1100. The lowest BCUT2D eigenvalue weighted by Crippen LogP contribution is -2.37. The number of nitrogens with one attached hydrogen (secondary N) is 1. The summed E-state index contributed by atoms with van der Waals surface area (Å²) in [6, 6.07) is 6.76. The summed E-state index contributed by atoms with van der Waals surface area (Å²) < 4.78 is 10.9. The van der Waals surface area contributed by atoms with Crippen LogP contribution in [-0.4, -0.2) is 42.3 Å². The van der Waals surface area contributed by atoms with Gasteiger partial charge in [0, 0.05) is 29.8 Å². The molecule has 1 N–H and O–H groups in total. The summed E-state index contributed by atoms with van der Waals surface area (Å²) in [6.45, 7) is 4.53. The van der Waals surface area contributed by atoms with E-state index in [1.807, 2.05) is 32.0 Å². The molecular weight excluding hydrogens is 396 g/mol. The minimum atomic E-state index is -0.447. The van der Waals surface area contributed by atoms with Crippen molar-refractivity contribution < 1.29 is 19.1 Å². The van der Waals surface area contributed by atoms with Gasteiger partial charge in [-0.25, -0.2) is 0 Å². The van der Waals surface area contributed by atoms with Crippen LogP contribution in [0.5, 0.6) is 11.5 Å². The molecule has 2 aliphatic rings. The molecule has 7 nitrogen and oxygen atoms in total. The Morgan fingerprint density at radius 2 is 1.90 bits per heavy atom. The van der Waals surface area contributed by atoms with Crippen molar-refractivity contribution in [2.24, 2.45) is 5.41 Å². The summed E-state index contributed by atoms with van der Waals surface area (Å²) in [5.74, 6) is 0.940. The SMILES string of the molecule is COc1ccc(OC)c(C2CCCN2C(=O)c2cc3c([nH]c2=O)CC(C)(C)CC3=O)c1. The Labute approximate surface area is 181 Å². The zero-order chi connectivity index (χ0) is 22.3. The molecule has 1 aromatic carbocycles. The van der Waals surface area contributed by atoms with E-state index < -0.39 is 5.56 Å². The third kappa shape index (κ3) is 3.84. The number of likely N-dealkylation sites (tertiary alicyclic amines) is 1. The van der Waals surface area contributed by atoms with E-state index in [9.17, 15) is 14.4 Å². The van der Waals surface area contributed by atoms with Crippen molar-refractivity contribution in [2.45, 2.75) is 45.6 Å². The fourth-order valence-corrected chi connectivity index (χ4v) is 4.77. The average Bonchev–Trinajstić information content (AvgIpc) is 3.21. The van der Waals surface area contributed by atoms with Gasteiger partial charge in [0.2, 0.25) is 0 Å². The number of methoxy groups -OCH3 is 2. The fourth-order valence-electron chi connectivity index (χ4n) is 4.77. The van der Waals surface area contributed by atoms with Gasteiger partial charge in [0.25, 0.3) is 11.5 Å². The molecule has 1 aliphatic carbocycles. The zero-order valence-corrected chi connectivity index (χ0v) is 18.4. The predicted molar refractivity (Wildman–Crippen MR) is 116 cm³/mol. The van der Waals surface area contributed by atoms with Crippen molar-refractivity contribution in [3.05, 3.63) is 57.0 Å². The van der Waals surface area contributed by atoms with E-state index in [4.69, 9.17) is 9.47 Å². The molecule has 2 heterocycles. The van der Waals surface area contributed by atoms with Crippen LogP contribution >= 0.6 is 0 Å². The standard InChI is InChI=1S/C24H28N2O5/c1-24(2)12-18-15(20(27)13-24)11-17(22(28)25-18)23(29)26-9-5-6-19(26)16-10-14(30-3)7-8-21(16)31-4/h7-8,10-11,19H,5-6,9,12-13H2,1-4H3,(H,25,28). The van der Waals surface area contributed by atoms with Crippen molar-refractivity contribution in [1.82, 2.24) is 9.88 Å². The number of aromatic amines is 1. The van der Waals surface area contributed by atoms with Gasteiger partial charge >= 0.3 is 0 Å². The van der Waals surface area contributed by atoms with E-state index in [0.717, 1.165) is 18.4 Å². The maximum absolute atomic E-state index is 13.4. The summed E-state index contributed by atoms with van der Waals surface area (Å²) >= 11 is 0. The number of nitrogens with zero attached hydrogens (tertiary/aromatic N) is 1. The zero-order valence-electron chi connectivity index (χ0n) is 18.4. The number of H-pyrrole nitrogens is 1. The number of benzene rings is 1. The van der Waals surface area contributed by atoms with E-state index in [-0.39, 0.29) is 28.7 Å². The maximum Gasteiger partial charge on any atom is 0.261 e. The molecule has 0 saturated carbocycles. The van der Waals surface area contributed by atoms with Crippen LogP contribution in [0.2, 0.25) is 0 Å². The largest absolute Gasteiger partial charge is 0.497 e. The number of rotatable bonds is 4. The van der Waals surface area contributed by atoms with Gasteiger partial charge in [-0.15, -0.1) is 0 Å². The molecular formula is C24H28N2O5. The van der Waals surface area contributed by atoms with Crippen molar-refractivity contribution in [3.63, 3.8) is 0 Å². The highest BCUT2D eigenvalue weighted by Crippen LogP contribution is 2.40. The lowest BCUT2D eigenvalue weighted by Gasteiger charge is -2.30. The van der Waals surface area contributed by atoms with Crippen LogP contribution in [0.1, 0.15) is 71.1 Å². The van der Waals surface area contributed by atoms with Gasteiger partial charge in [-0.3, -0.25) is 14.4 Å². The highest BCUT2D eigenvalue weighted by Gasteiger charge is 2.36. The van der Waals surface area contributed by atoms with Crippen molar-refractivity contribution in [1.29, 1.82) is 0 Å². The Balaban J connectivity index is 1.71. The van der Waals surface area contributed by atoms with Crippen molar-refractivity contribution in [2.75, 3.05) is 20.8 Å². The number of ether oxygens (including phenoxy) is 2. The number of hydrogen-bond acceptors (Lipinski definition) is 5. The highest BCUT2D eigenvalue weighted by molar-refractivity contribution is 6.02. The topological polar surface area (TPSA) is 88.7 Å². The lowest BCUT2D eigenvalue weighted by atomic mass is 9.75. The summed E-state index contributed by atoms with van der Waals surface area (Å²) in [5.41, 5.74) is 1.28. The number of Topliss-reactive ketones (excluding diaryl/α,β-unsaturated/α-hetero) is 1. The van der Waals surface area contributed by atoms with Gasteiger partial charge < -0.3 is 19.4 Å². The second kappa shape index (κ2) is 7.87. The number of carbonyl (C=O) groups is 2. The summed E-state index contributed by atoms with van der Waals surface area (Å²) in [7, 11) is 3.18. The highest BCUT2D eigenvalue weighted by atomic mass is 16.5. The quantitative estimate of drug-likeness (QED) is 0.811. The van der Waals surface area contributed by atoms with Gasteiger partial charge in [-0.1, -0.05) is 13.8 Å². The summed E-state index contributed by atoms with van der Waals surface area (Å²) in [5, 5.41) is 0. The first kappa shape index (κ1) is 21.2. The number of carbonyl (C=O) groups excluding carboxylic acids is 2. The molecule has 1 aromatic heterocycles. The molecule has 1 atom stereocenters. The molecule has 1 saturated heterocycles. The van der Waals surface area contributed by atoms with Crippen molar-refractivity contribution >= 4 is 11.7 Å². The van der Waals surface area contributed by atoms with Gasteiger partial charge in [-0.2, -0.15) is 0 Å². The van der Waals surface area contributed by atoms with Gasteiger partial charge in [0.05, 0.1) is 20.3 Å². The molecule has 31 heavy (non-hydrogen) atoms. The molecule has 0 spiro atoms. The second-order valence-corrected chi connectivity index (χ2v) is 9.11. The van der Waals surface area contributed by atoms with Crippen molar-refractivity contribution in [3.8, 4) is 11.5 Å². The molecule has 4 rings (SSSR count). The van der Waals surface area contributed by atoms with E-state index in [0.29, 0.717) is 42.1 Å². The van der Waals surface area contributed by atoms with Gasteiger partial charge in [0.1, 0.15) is 17.1 Å². The first-order chi connectivity index (χ1) is 14.7. The average molecular weight is 424 g/mol. The minimum Gasteiger partial charge on any atom is -0.497 e. The number of ketones is 1. The third-order valence-electron chi connectivity index (χ3n) is 6.26. The smallest absolute Gasteiger partial charge is 0.261 e. The molecule has 0 radical (unpaired) electrons. The number of amides is 1. The first-order valence-electron chi connectivity index (χ1n) is 10.6. The molecule has 1 unspecified atom stereocenters. The second-order valence-electron chi connectivity index (χ2n) is 9.11. The molecule has 1 aliphatic heterocycles. The molecule has 7 heteroatoms. The number of fused-ring (bicyclic) bond motifs is 1. The lowest BCUT2D eigenvalue weighted by molar-refractivity contribution is 0.0732. The summed E-state index contributed by atoms with van der Waals surface area (Å²) in [6.07, 6.45) is 2.57. The molecule has 2 aromatic rings. The van der Waals surface area contributed by atoms with Crippen LogP contribution < -0.4 is 15.0 Å². The summed E-state index contributed by atoms with van der Waals surface area (Å²) in [4.78, 5) is 43.4. The van der Waals surface area contributed by atoms with Crippen LogP contribution in [0, 0.1) is 5.41 Å². The van der Waals surface area contributed by atoms with Crippen LogP contribution in [0.15, 0.2) is 29.1 Å². The fraction of sp³-hybridized carbons (Fsp3) is 0.458. The maximum atomic E-state index is 13.4. The normalized spacial score (nSPS) is 19.8. The van der Waals surface area contributed by atoms with Gasteiger partial charge in [-0.05, 0) is 48.9 Å². The molecule has 0 bridgehead atoms. The molecule has 164 valence electrons. The van der Waals surface area contributed by atoms with Crippen LogP contribution in [-0.2, 0) is 6.42 Å². The molecule has 1 amide bonds. The van der Waals surface area contributed by atoms with E-state index >= 15 is 0 Å². The third-order valence-corrected chi connectivity index (χ3v) is 6.26. The van der Waals surface area contributed by atoms with E-state index in [2.05, 4.69) is 4.98 Å². The first-order valence-corrected chi connectivity index (χ1v) is 10.6. The molecule has 1 fully saturated rings. The van der Waals surface area contributed by atoms with Crippen LogP contribution in [0.3, 0.4) is 0 Å². The Kier molecular flexibility index (Phi) is 5.37. The Morgan fingerprint density at radius 3 is 2.61 bits per heavy atom. The predicted octanol–water partition coefficient (Wildman–Crippen LogP) is 3.52. The van der Waals surface area contributed by atoms with E-state index in [1.54, 1.807) is 19.1 Å².